The first-order valence-electron chi connectivity index (χ1n) is 15.9. The zero-order chi connectivity index (χ0) is 31.9. The van der Waals surface area contributed by atoms with Crippen LogP contribution in [0.3, 0.4) is 0 Å². The Bertz CT molecular complexity index is 1750. The van der Waals surface area contributed by atoms with Crippen LogP contribution in [0.5, 0.6) is 11.5 Å². The molecule has 0 bridgehead atoms. The molecule has 0 amide bonds. The molecule has 0 aromatic heterocycles. The third-order valence-electron chi connectivity index (χ3n) is 7.50. The number of hydrogen-bond donors (Lipinski definition) is 0. The quantitative estimate of drug-likeness (QED) is 0.133. The van der Waals surface area contributed by atoms with Crippen molar-refractivity contribution in [3.05, 3.63) is 158 Å². The summed E-state index contributed by atoms with van der Waals surface area (Å²) >= 11 is 0. The van der Waals surface area contributed by atoms with Crippen LogP contribution in [0.25, 0.3) is 11.1 Å². The minimum Gasteiger partial charge on any atom is -0.486 e. The van der Waals surface area contributed by atoms with Crippen LogP contribution < -0.4 is 41.3 Å². The molecule has 6 aromatic rings. The molecule has 0 spiro atoms. The molecule has 46 heavy (non-hydrogen) atoms. The van der Waals surface area contributed by atoms with E-state index in [4.69, 9.17) is 9.47 Å². The Kier molecular flexibility index (Phi) is 10.3. The molecule has 0 aliphatic heterocycles. The molecule has 6 rings (SSSR count). The van der Waals surface area contributed by atoms with Crippen molar-refractivity contribution >= 4 is 47.7 Å². The Hall–Kier alpha value is -4.22. The standard InChI is InChI=1S/C42H40O2P2/c1-31(2)43-40-38(33-20-10-5-11-21-33)30-39(45(34-22-12-6-13-23-34)35-24-14-7-15-25-35)42(41(40)44-32(3)4)46(36-26-16-8-17-27-36)37-28-18-9-19-29-37/h5-32H,1-4H3. The highest BCUT2D eigenvalue weighted by atomic mass is 31.1. The summed E-state index contributed by atoms with van der Waals surface area (Å²) in [5.41, 5.74) is 2.17. The summed E-state index contributed by atoms with van der Waals surface area (Å²) in [5.74, 6) is 1.65. The number of hydrogen-bond acceptors (Lipinski definition) is 2. The van der Waals surface area contributed by atoms with Gasteiger partial charge in [0.1, 0.15) is 0 Å². The number of ether oxygens (including phenoxy) is 2. The molecule has 0 aliphatic carbocycles. The van der Waals surface area contributed by atoms with Gasteiger partial charge in [-0.2, -0.15) is 0 Å². The Morgan fingerprint density at radius 2 is 0.761 bits per heavy atom. The molecule has 0 saturated heterocycles. The van der Waals surface area contributed by atoms with Crippen molar-refractivity contribution in [2.75, 3.05) is 0 Å². The summed E-state index contributed by atoms with van der Waals surface area (Å²) in [7, 11) is -2.02. The van der Waals surface area contributed by atoms with Gasteiger partial charge in [0, 0.05) is 10.9 Å². The summed E-state index contributed by atoms with van der Waals surface area (Å²) < 4.78 is 13.9. The summed E-state index contributed by atoms with van der Waals surface area (Å²) in [4.78, 5) is 0. The van der Waals surface area contributed by atoms with Crippen molar-refractivity contribution < 1.29 is 9.47 Å². The summed E-state index contributed by atoms with van der Waals surface area (Å²) in [6.45, 7) is 8.42. The molecule has 6 aromatic carbocycles. The zero-order valence-corrected chi connectivity index (χ0v) is 28.7. The average molecular weight is 639 g/mol. The van der Waals surface area contributed by atoms with Gasteiger partial charge >= 0.3 is 0 Å². The Balaban J connectivity index is 1.81. The van der Waals surface area contributed by atoms with Gasteiger partial charge in [0.05, 0.1) is 12.2 Å². The fraction of sp³-hybridized carbons (Fsp3) is 0.143. The largest absolute Gasteiger partial charge is 0.486 e. The first-order chi connectivity index (χ1) is 22.5. The normalized spacial score (nSPS) is 11.4. The fourth-order valence-corrected chi connectivity index (χ4v) is 11.0. The van der Waals surface area contributed by atoms with Crippen LogP contribution in [0, 0.1) is 0 Å². The second-order valence-electron chi connectivity index (χ2n) is 11.7. The van der Waals surface area contributed by atoms with E-state index in [9.17, 15) is 0 Å². The molecule has 4 heteroatoms. The monoisotopic (exact) mass is 638 g/mol. The zero-order valence-electron chi connectivity index (χ0n) is 26.9. The number of benzene rings is 6. The van der Waals surface area contributed by atoms with E-state index in [2.05, 4.69) is 185 Å². The van der Waals surface area contributed by atoms with Gasteiger partial charge in [0.2, 0.25) is 0 Å². The molecule has 0 fully saturated rings. The van der Waals surface area contributed by atoms with Crippen LogP contribution in [-0.2, 0) is 0 Å². The molecular formula is C42H40O2P2. The predicted molar refractivity (Wildman–Crippen MR) is 201 cm³/mol. The van der Waals surface area contributed by atoms with Crippen LogP contribution >= 0.6 is 15.8 Å². The van der Waals surface area contributed by atoms with E-state index in [1.165, 1.54) is 31.8 Å². The molecular weight excluding hydrogens is 598 g/mol. The van der Waals surface area contributed by atoms with Crippen molar-refractivity contribution in [3.8, 4) is 22.6 Å². The molecule has 0 N–H and O–H groups in total. The second-order valence-corrected chi connectivity index (χ2v) is 16.0. The third kappa shape index (κ3) is 7.10. The molecule has 0 radical (unpaired) electrons. The molecule has 230 valence electrons. The maximum Gasteiger partial charge on any atom is 0.171 e. The average Bonchev–Trinajstić information content (AvgIpc) is 3.09. The highest BCUT2D eigenvalue weighted by molar-refractivity contribution is 7.85. The van der Waals surface area contributed by atoms with Gasteiger partial charge in [0.15, 0.2) is 11.5 Å². The lowest BCUT2D eigenvalue weighted by Crippen LogP contribution is -2.37. The molecule has 0 saturated carbocycles. The molecule has 0 atom stereocenters. The van der Waals surface area contributed by atoms with Crippen LogP contribution in [0.1, 0.15) is 27.7 Å². The third-order valence-corrected chi connectivity index (χ3v) is 12.7. The highest BCUT2D eigenvalue weighted by Gasteiger charge is 2.34. The molecule has 0 aliphatic rings. The fourth-order valence-electron chi connectivity index (χ4n) is 5.68. The lowest BCUT2D eigenvalue weighted by atomic mass is 10.0. The first-order valence-corrected chi connectivity index (χ1v) is 18.6. The van der Waals surface area contributed by atoms with Crippen LogP contribution in [0.15, 0.2) is 158 Å². The van der Waals surface area contributed by atoms with E-state index in [1.807, 2.05) is 0 Å². The second kappa shape index (κ2) is 14.9. The van der Waals surface area contributed by atoms with Crippen molar-refractivity contribution in [1.82, 2.24) is 0 Å². The molecule has 0 heterocycles. The van der Waals surface area contributed by atoms with E-state index in [0.717, 1.165) is 22.6 Å². The number of rotatable bonds is 11. The van der Waals surface area contributed by atoms with E-state index in [0.29, 0.717) is 0 Å². The van der Waals surface area contributed by atoms with Crippen molar-refractivity contribution in [2.24, 2.45) is 0 Å². The van der Waals surface area contributed by atoms with Gasteiger partial charge in [-0.1, -0.05) is 152 Å². The van der Waals surface area contributed by atoms with Crippen molar-refractivity contribution in [2.45, 2.75) is 39.9 Å². The topological polar surface area (TPSA) is 18.5 Å². The van der Waals surface area contributed by atoms with Crippen LogP contribution in [0.2, 0.25) is 0 Å². The molecule has 2 nitrogen and oxygen atoms in total. The van der Waals surface area contributed by atoms with E-state index in [1.54, 1.807) is 0 Å². The Morgan fingerprint density at radius 1 is 0.413 bits per heavy atom. The van der Waals surface area contributed by atoms with Gasteiger partial charge < -0.3 is 9.47 Å². The summed E-state index contributed by atoms with van der Waals surface area (Å²) in [6.07, 6.45) is -0.102. The van der Waals surface area contributed by atoms with Crippen molar-refractivity contribution in [3.63, 3.8) is 0 Å². The van der Waals surface area contributed by atoms with Gasteiger partial charge in [0.25, 0.3) is 0 Å². The Morgan fingerprint density at radius 3 is 1.15 bits per heavy atom. The van der Waals surface area contributed by atoms with Crippen LogP contribution in [-0.4, -0.2) is 12.2 Å². The summed E-state index contributed by atoms with van der Waals surface area (Å²) in [5, 5.41) is 7.66. The maximum atomic E-state index is 7.03. The smallest absolute Gasteiger partial charge is 0.171 e. The predicted octanol–water partition coefficient (Wildman–Crippen LogP) is 8.44. The van der Waals surface area contributed by atoms with Gasteiger partial charge in [-0.25, -0.2) is 0 Å². The minimum absolute atomic E-state index is 0.0416. The van der Waals surface area contributed by atoms with E-state index >= 15 is 0 Å². The SMILES string of the molecule is CC(C)Oc1c(-c2ccccc2)cc(P(c2ccccc2)c2ccccc2)c(P(c2ccccc2)c2ccccc2)c1OC(C)C. The molecule has 0 unspecified atom stereocenters. The lowest BCUT2D eigenvalue weighted by molar-refractivity contribution is 0.201. The van der Waals surface area contributed by atoms with Gasteiger partial charge in [-0.3, -0.25) is 0 Å². The Labute approximate surface area is 276 Å². The van der Waals surface area contributed by atoms with Crippen molar-refractivity contribution in [1.29, 1.82) is 0 Å². The summed E-state index contributed by atoms with van der Waals surface area (Å²) in [6, 6.07) is 56.8. The first kappa shape index (κ1) is 31.7. The minimum atomic E-state index is -1.04. The van der Waals surface area contributed by atoms with E-state index in [-0.39, 0.29) is 12.2 Å². The lowest BCUT2D eigenvalue weighted by Gasteiger charge is -2.32. The van der Waals surface area contributed by atoms with E-state index < -0.39 is 15.8 Å². The maximum absolute atomic E-state index is 7.03. The van der Waals surface area contributed by atoms with Gasteiger partial charge in [-0.15, -0.1) is 0 Å². The van der Waals surface area contributed by atoms with Crippen LogP contribution in [0.4, 0.5) is 0 Å². The highest BCUT2D eigenvalue weighted by Crippen LogP contribution is 2.48. The van der Waals surface area contributed by atoms with Gasteiger partial charge in [-0.05, 0) is 81.7 Å².